The minimum absolute atomic E-state index is 0. The van der Waals surface area contributed by atoms with Crippen LogP contribution in [0.2, 0.25) is 74.5 Å². The Balaban J connectivity index is 0.000000217. The summed E-state index contributed by atoms with van der Waals surface area (Å²) in [7, 11) is 4.08. The fourth-order valence-corrected chi connectivity index (χ4v) is 54.2. The summed E-state index contributed by atoms with van der Waals surface area (Å²) in [6, 6.07) is 40.2. The summed E-state index contributed by atoms with van der Waals surface area (Å²) in [6.45, 7) is 50.1. The minimum Gasteiger partial charge on any atom is 1.00 e. The van der Waals surface area contributed by atoms with Crippen LogP contribution in [0.1, 0.15) is 454 Å². The van der Waals surface area contributed by atoms with E-state index in [1.165, 1.54) is 154 Å². The summed E-state index contributed by atoms with van der Waals surface area (Å²) in [6.07, 6.45) is 84.0. The Hall–Kier alpha value is 0.330. The second kappa shape index (κ2) is 62.5. The molecule has 814 valence electrons. The van der Waals surface area contributed by atoms with Gasteiger partial charge in [-0.2, -0.15) is 11.1 Å². The zero-order valence-electron chi connectivity index (χ0n) is 100. The van der Waals surface area contributed by atoms with Crippen molar-refractivity contribution >= 4 is 93.8 Å². The molecule has 14 fully saturated rings. The van der Waals surface area contributed by atoms with Crippen molar-refractivity contribution in [2.45, 2.75) is 484 Å². The Bertz CT molecular complexity index is 4820. The SMILES string of the molecule is C.C.C1CCC2CCCC2C1.CCC(C)C1=CC([Si](C)(C)C2C=Cc3c2ccc2ccccc32)c2ccccc21.CCC(C)C1=CC([Si](C)(C)Cl)c2ccccc21.CCC(C)C1C=Cc2ccccc21.CCC(C)C1CC([Si](C)(C)C2CCC3C4CCCCC4CCC32)C2CCCCC12.CCC(C)C1CC([Si](C)(C)C2CCC3C4CCCCC4CCC32)C2CCCCC12.CCC(C)C1CCC2CCCCC21.[CH3-].[CH3-].[Cl][Zr+2][Cl].[Li+].[Li+].[Li+].[Li+]. The van der Waals surface area contributed by atoms with Crippen LogP contribution in [-0.4, -0.2) is 31.6 Å². The molecule has 0 N–H and O–H groups in total. The maximum atomic E-state index is 6.67. The molecule has 0 nitrogen and oxygen atoms in total. The first-order valence-electron chi connectivity index (χ1n) is 61.8. The summed E-state index contributed by atoms with van der Waals surface area (Å²) < 4.78 is 0. The Labute approximate surface area is 1000 Å². The molecule has 0 radical (unpaired) electrons. The normalized spacial score (nSPS) is 33.4. The van der Waals surface area contributed by atoms with E-state index in [4.69, 9.17) is 28.1 Å². The fraction of sp³-hybridized carbons (Fsp3) is 0.725. The minimum atomic E-state index is -1.69. The summed E-state index contributed by atoms with van der Waals surface area (Å²) >= 11 is 5.85. The average Bonchev–Trinajstić information content (AvgIpc) is 1.58. The number of hydrogen-bond acceptors (Lipinski definition) is 0. The van der Waals surface area contributed by atoms with Gasteiger partial charge in [-0.15, -0.1) is 0 Å². The second-order valence-corrected chi connectivity index (χ2v) is 79.8. The predicted molar refractivity (Wildman–Crippen MR) is 660 cm³/mol. The third kappa shape index (κ3) is 30.2. The van der Waals surface area contributed by atoms with Crippen molar-refractivity contribution < 1.29 is 96.3 Å². The van der Waals surface area contributed by atoms with Gasteiger partial charge in [-0.05, 0) is 357 Å². The smallest absolute Gasteiger partial charge is 1.00 e. The van der Waals surface area contributed by atoms with E-state index >= 15 is 0 Å². The molecule has 5 aromatic carbocycles. The molecule has 0 spiro atoms. The Morgan fingerprint density at radius 2 is 0.660 bits per heavy atom. The number of halogens is 3. The zero-order chi connectivity index (χ0) is 100. The second-order valence-electron chi connectivity index (χ2n) is 54.3. The third-order valence-corrected chi connectivity index (χ3v) is 63.7. The van der Waals surface area contributed by atoms with Crippen molar-refractivity contribution in [1.29, 1.82) is 0 Å². The topological polar surface area (TPSA) is 0 Å². The maximum absolute atomic E-state index is 6.67. The first-order valence-corrected chi connectivity index (χ1v) is 81.7. The van der Waals surface area contributed by atoms with E-state index in [-0.39, 0.29) is 105 Å². The van der Waals surface area contributed by atoms with E-state index in [1.54, 1.807) is 235 Å². The molecule has 5 aromatic rings. The van der Waals surface area contributed by atoms with Gasteiger partial charge in [-0.1, -0.05) is 476 Å². The molecule has 0 saturated heterocycles. The van der Waals surface area contributed by atoms with Gasteiger partial charge in [-0.25, -0.2) is 0 Å². The van der Waals surface area contributed by atoms with Gasteiger partial charge in [0.15, 0.2) is 7.38 Å². The number of benzene rings is 5. The van der Waals surface area contributed by atoms with Crippen molar-refractivity contribution in [2.24, 2.45) is 148 Å². The number of allylic oxidation sites excluding steroid dienone is 6. The Morgan fingerprint density at radius 1 is 0.300 bits per heavy atom. The van der Waals surface area contributed by atoms with Gasteiger partial charge in [0, 0.05) is 11.5 Å². The van der Waals surface area contributed by atoms with Crippen molar-refractivity contribution in [3.63, 3.8) is 0 Å². The molecular weight excluding hydrogens is 2000 g/mol. The standard InChI is InChI=1S/2C28H50Si.C28H30Si.C15H21ClSi.C13H24.C13H16.C9H16.2CH4.2CH3.2ClH.4Li.Zr/c3*1-5-19(2)26-18-28(24-13-9-8-12-22(24)26)29(3,4)27-17-16-23-21-11-7-6-10-20(21)14-15-25(23)27;1-5-11(2)14-10-15(17(3,4)16)13-9-7-6-8-12(13)14;2*1-3-10(2)12-9-8-11-6-4-5-7-13(11)12;1-2-5-9-7-3-6-8(9)4-1;;;;;;;;;;;/h2*19-28H,5-18H2,1-4H3;6-19,27-28H,5H2,1-4H3;6-11,15H,5H2,1-4H3;10-13H,3-9H2,1-2H3;4-10,12H,3H2,1-2H3;8-9H,1-7H2;2*1H4;2*1H3;2*1H;;;;;/q;;;;;;;;;2*-1;;;4*+1;+4/p-2. The molecule has 0 amide bonds. The molecule has 14 saturated carbocycles. The fourth-order valence-electron chi connectivity index (χ4n) is 37.6. The Kier molecular flexibility index (Phi) is 56.4. The van der Waals surface area contributed by atoms with E-state index < -0.39 is 52.5 Å². The van der Waals surface area contributed by atoms with Gasteiger partial charge in [0.05, 0.1) is 24.2 Å². The molecule has 23 rings (SSSR count). The van der Waals surface area contributed by atoms with Gasteiger partial charge >= 0.3 is 113 Å². The molecule has 150 heavy (non-hydrogen) atoms. The molecule has 18 aliphatic carbocycles. The molecule has 0 bridgehead atoms. The van der Waals surface area contributed by atoms with Crippen LogP contribution in [0.5, 0.6) is 0 Å². The molecule has 33 atom stereocenters. The summed E-state index contributed by atoms with van der Waals surface area (Å²) in [4.78, 5) is 0. The van der Waals surface area contributed by atoms with Crippen LogP contribution in [0.3, 0.4) is 0 Å². The van der Waals surface area contributed by atoms with Crippen molar-refractivity contribution in [3.05, 3.63) is 193 Å². The molecule has 0 heterocycles. The largest absolute Gasteiger partial charge is 1.00 e. The average molecular weight is 2220 g/mol. The zero-order valence-corrected chi connectivity index (χ0v) is 109. The van der Waals surface area contributed by atoms with Crippen LogP contribution in [0.25, 0.3) is 34.1 Å². The molecule has 0 aromatic heterocycles. The number of fused-ring (bicyclic) bond motifs is 16. The predicted octanol–water partition coefficient (Wildman–Crippen LogP) is 33.7. The first-order chi connectivity index (χ1) is 68.5. The number of rotatable bonds is 19. The van der Waals surface area contributed by atoms with Crippen LogP contribution in [0, 0.1) is 163 Å². The van der Waals surface area contributed by atoms with Crippen LogP contribution in [0.15, 0.2) is 133 Å². The van der Waals surface area contributed by atoms with Crippen LogP contribution < -0.4 is 75.4 Å². The third-order valence-electron chi connectivity index (χ3n) is 46.4. The maximum Gasteiger partial charge on any atom is 1.00 e. The Morgan fingerprint density at radius 3 is 1.12 bits per heavy atom. The molecular formula is C138H221Cl3Li4Si4Zr+4. The molecule has 33 unspecified atom stereocenters. The van der Waals surface area contributed by atoms with Crippen molar-refractivity contribution in [1.82, 2.24) is 0 Å². The van der Waals surface area contributed by atoms with Crippen molar-refractivity contribution in [2.75, 3.05) is 0 Å². The molecule has 0 aliphatic heterocycles. The summed E-state index contributed by atoms with van der Waals surface area (Å²) in [5, 5.41) is 2.75. The van der Waals surface area contributed by atoms with Crippen LogP contribution in [-0.2, 0) is 20.8 Å². The van der Waals surface area contributed by atoms with Gasteiger partial charge in [0.1, 0.15) is 0 Å². The van der Waals surface area contributed by atoms with Gasteiger partial charge in [0.2, 0.25) is 0 Å². The number of hydrogen-bond donors (Lipinski definition) is 0. The van der Waals surface area contributed by atoms with Crippen molar-refractivity contribution in [3.8, 4) is 0 Å². The van der Waals surface area contributed by atoms with E-state index in [0.29, 0.717) is 34.4 Å². The van der Waals surface area contributed by atoms with E-state index in [9.17, 15) is 0 Å². The van der Waals surface area contributed by atoms with E-state index in [0.717, 1.165) is 124 Å². The quantitative estimate of drug-likeness (QED) is 0.0439. The van der Waals surface area contributed by atoms with Gasteiger partial charge in [-0.3, -0.25) is 0 Å². The summed E-state index contributed by atoms with van der Waals surface area (Å²) in [5.74, 6) is 27.1. The monoisotopic (exact) mass is 2210 g/mol. The van der Waals surface area contributed by atoms with E-state index in [2.05, 4.69) is 281 Å². The summed E-state index contributed by atoms with van der Waals surface area (Å²) in [5.41, 5.74) is 21.3. The van der Waals surface area contributed by atoms with Gasteiger partial charge < -0.3 is 14.9 Å². The van der Waals surface area contributed by atoms with Crippen LogP contribution in [0.4, 0.5) is 0 Å². The first kappa shape index (κ1) is 135. The van der Waals surface area contributed by atoms with Crippen LogP contribution >= 0.6 is 28.1 Å². The molecule has 12 heteroatoms. The molecule has 18 aliphatic rings. The van der Waals surface area contributed by atoms with E-state index in [1.807, 2.05) is 0 Å². The van der Waals surface area contributed by atoms with Gasteiger partial charge in [0.25, 0.3) is 0 Å².